The number of hydrogen-bond acceptors (Lipinski definition) is 5. The van der Waals surface area contributed by atoms with E-state index in [0.29, 0.717) is 30.5 Å². The summed E-state index contributed by atoms with van der Waals surface area (Å²) in [5.74, 6) is -1.09. The molecule has 1 aromatic carbocycles. The monoisotopic (exact) mass is 497 g/mol. The second-order valence-electron chi connectivity index (χ2n) is 9.04. The van der Waals surface area contributed by atoms with E-state index in [1.54, 1.807) is 30.1 Å². The van der Waals surface area contributed by atoms with Gasteiger partial charge in [-0.1, -0.05) is 25.7 Å². The number of amidine groups is 1. The van der Waals surface area contributed by atoms with E-state index in [9.17, 15) is 14.0 Å². The first-order chi connectivity index (χ1) is 17.0. The van der Waals surface area contributed by atoms with E-state index in [2.05, 4.69) is 11.9 Å². The Morgan fingerprint density at radius 1 is 1.31 bits per heavy atom. The lowest BCUT2D eigenvalue weighted by molar-refractivity contribution is 0.0648. The Bertz CT molecular complexity index is 1090. The molecule has 0 bridgehead atoms. The van der Waals surface area contributed by atoms with Crippen LogP contribution >= 0.6 is 0 Å². The Morgan fingerprint density at radius 3 is 2.61 bits per heavy atom. The van der Waals surface area contributed by atoms with Crippen molar-refractivity contribution in [3.63, 3.8) is 0 Å². The highest BCUT2D eigenvalue weighted by Crippen LogP contribution is 2.24. The lowest BCUT2D eigenvalue weighted by atomic mass is 9.96. The third-order valence-electron chi connectivity index (χ3n) is 5.93. The Morgan fingerprint density at radius 2 is 2.00 bits per heavy atom. The van der Waals surface area contributed by atoms with Gasteiger partial charge in [-0.3, -0.25) is 15.6 Å². The first-order valence-electron chi connectivity index (χ1n) is 12.0. The van der Waals surface area contributed by atoms with Crippen LogP contribution in [0.5, 0.6) is 0 Å². The molecule has 0 aliphatic carbocycles. The highest BCUT2D eigenvalue weighted by molar-refractivity contribution is 6.01. The quantitative estimate of drug-likeness (QED) is 0.249. The number of nitrogens with one attached hydrogen (secondary N) is 3. The molecule has 8 nitrogen and oxygen atoms in total. The third-order valence-corrected chi connectivity index (χ3v) is 5.93. The Hall–Kier alpha value is -3.75. The van der Waals surface area contributed by atoms with Crippen LogP contribution in [0.4, 0.5) is 9.18 Å². The first-order valence-corrected chi connectivity index (χ1v) is 12.0. The number of fused-ring (bicyclic) bond motifs is 1. The minimum atomic E-state index is -0.646. The molecule has 0 saturated carbocycles. The summed E-state index contributed by atoms with van der Waals surface area (Å²) in [5, 5.41) is 18.2. The topological polar surface area (TPSA) is 110 Å². The molecule has 36 heavy (non-hydrogen) atoms. The fourth-order valence-electron chi connectivity index (χ4n) is 3.56. The molecule has 194 valence electrons. The molecule has 9 heteroatoms. The van der Waals surface area contributed by atoms with Gasteiger partial charge in [0, 0.05) is 24.8 Å². The van der Waals surface area contributed by atoms with Gasteiger partial charge in [-0.15, -0.1) is 0 Å². The van der Waals surface area contributed by atoms with Gasteiger partial charge in [-0.05, 0) is 75.4 Å². The maximum absolute atomic E-state index is 14.7. The summed E-state index contributed by atoms with van der Waals surface area (Å²) in [4.78, 5) is 28.2. The van der Waals surface area contributed by atoms with Gasteiger partial charge in [0.25, 0.3) is 5.91 Å². The first kappa shape index (κ1) is 28.5. The molecule has 0 saturated heterocycles. The molecule has 1 atom stereocenters. The van der Waals surface area contributed by atoms with E-state index in [0.717, 1.165) is 11.9 Å². The van der Waals surface area contributed by atoms with E-state index in [1.165, 1.54) is 17.0 Å². The zero-order valence-electron chi connectivity index (χ0n) is 21.7. The summed E-state index contributed by atoms with van der Waals surface area (Å²) in [6, 6.07) is 2.80. The molecule has 1 heterocycles. The summed E-state index contributed by atoms with van der Waals surface area (Å²) < 4.78 is 20.1. The SMILES string of the molecule is C=C(/C=C\C=C(/C)C(=N)N(C=N)C(C)C)NC(=O)c1cc2c(cc1F)CCN(C(=O)OC(C)CC)C2. The van der Waals surface area contributed by atoms with Crippen molar-refractivity contribution < 1.29 is 18.7 Å². The van der Waals surface area contributed by atoms with E-state index < -0.39 is 17.8 Å². The van der Waals surface area contributed by atoms with Gasteiger partial charge in [-0.25, -0.2) is 9.18 Å². The number of halogens is 1. The minimum Gasteiger partial charge on any atom is -0.446 e. The minimum absolute atomic E-state index is 0.0271. The molecule has 0 fully saturated rings. The summed E-state index contributed by atoms with van der Waals surface area (Å²) in [5.41, 5.74) is 2.21. The molecule has 0 aromatic heterocycles. The Kier molecular flexibility index (Phi) is 10.1. The van der Waals surface area contributed by atoms with Crippen molar-refractivity contribution in [2.24, 2.45) is 0 Å². The predicted octanol–water partition coefficient (Wildman–Crippen LogP) is 5.16. The average molecular weight is 498 g/mol. The van der Waals surface area contributed by atoms with Crippen molar-refractivity contribution in [2.45, 2.75) is 66.2 Å². The number of rotatable bonds is 9. The van der Waals surface area contributed by atoms with Crippen LogP contribution in [-0.4, -0.2) is 52.7 Å². The number of allylic oxidation sites excluding steroid dienone is 3. The molecule has 0 radical (unpaired) electrons. The maximum Gasteiger partial charge on any atom is 0.410 e. The van der Waals surface area contributed by atoms with Crippen molar-refractivity contribution in [1.29, 1.82) is 10.8 Å². The van der Waals surface area contributed by atoms with Crippen LogP contribution in [0.25, 0.3) is 0 Å². The van der Waals surface area contributed by atoms with E-state index in [1.807, 2.05) is 27.7 Å². The van der Waals surface area contributed by atoms with Crippen LogP contribution in [0.2, 0.25) is 0 Å². The number of nitrogens with zero attached hydrogens (tertiary/aromatic N) is 2. The Labute approximate surface area is 212 Å². The number of benzene rings is 1. The standard InChI is InChI=1S/C27H36FN5O3/c1-7-20(6)36-27(35)32-12-11-21-14-24(28)23(13-22(21)15-32)26(34)31-19(5)10-8-9-18(4)25(30)33(16-29)17(2)3/h8-10,13-14,16-17,20,29-30H,5,7,11-12,15H2,1-4,6H3,(H,31,34)/b10-8-,18-9+,29-16?,30-25?. The summed E-state index contributed by atoms with van der Waals surface area (Å²) in [6.45, 7) is 13.7. The van der Waals surface area contributed by atoms with Gasteiger partial charge in [0.2, 0.25) is 0 Å². The summed E-state index contributed by atoms with van der Waals surface area (Å²) in [6.07, 6.45) is 6.52. The van der Waals surface area contributed by atoms with E-state index >= 15 is 0 Å². The van der Waals surface area contributed by atoms with Crippen molar-refractivity contribution in [3.05, 3.63) is 70.7 Å². The maximum atomic E-state index is 14.7. The molecular weight excluding hydrogens is 461 g/mol. The second kappa shape index (κ2) is 12.8. The fourth-order valence-corrected chi connectivity index (χ4v) is 3.56. The molecule has 1 aliphatic heterocycles. The third kappa shape index (κ3) is 7.37. The normalized spacial score (nSPS) is 14.3. The van der Waals surface area contributed by atoms with Crippen LogP contribution < -0.4 is 5.32 Å². The zero-order valence-corrected chi connectivity index (χ0v) is 21.7. The molecule has 1 unspecified atom stereocenters. The van der Waals surface area contributed by atoms with Crippen LogP contribution in [0.15, 0.2) is 48.2 Å². The molecule has 0 spiro atoms. The molecule has 1 aliphatic rings. The Balaban J connectivity index is 2.07. The second-order valence-corrected chi connectivity index (χ2v) is 9.04. The number of amides is 2. The van der Waals surface area contributed by atoms with Crippen molar-refractivity contribution >= 4 is 24.2 Å². The fraction of sp³-hybridized carbons (Fsp3) is 0.407. The van der Waals surface area contributed by atoms with Gasteiger partial charge in [0.1, 0.15) is 17.8 Å². The molecule has 2 amide bonds. The molecule has 3 N–H and O–H groups in total. The number of hydrogen-bond donors (Lipinski definition) is 3. The van der Waals surface area contributed by atoms with Crippen LogP contribution in [0.1, 0.15) is 62.5 Å². The largest absolute Gasteiger partial charge is 0.446 e. The number of carbonyl (C=O) groups is 2. The van der Waals surface area contributed by atoms with Crippen LogP contribution in [-0.2, 0) is 17.7 Å². The highest BCUT2D eigenvalue weighted by atomic mass is 19.1. The molecule has 1 aromatic rings. The number of carbonyl (C=O) groups excluding carboxylic acids is 2. The van der Waals surface area contributed by atoms with Crippen molar-refractivity contribution in [1.82, 2.24) is 15.1 Å². The van der Waals surface area contributed by atoms with Gasteiger partial charge < -0.3 is 19.9 Å². The van der Waals surface area contributed by atoms with Gasteiger partial charge in [-0.2, -0.15) is 0 Å². The van der Waals surface area contributed by atoms with E-state index in [4.69, 9.17) is 15.6 Å². The predicted molar refractivity (Wildman–Crippen MR) is 140 cm³/mol. The zero-order chi connectivity index (χ0) is 27.0. The lowest BCUT2D eigenvalue weighted by Gasteiger charge is -2.29. The molecule has 2 rings (SSSR count). The van der Waals surface area contributed by atoms with Crippen molar-refractivity contribution in [3.8, 4) is 0 Å². The smallest absolute Gasteiger partial charge is 0.410 e. The highest BCUT2D eigenvalue weighted by Gasteiger charge is 2.25. The van der Waals surface area contributed by atoms with Gasteiger partial charge >= 0.3 is 6.09 Å². The molecular formula is C27H36FN5O3. The summed E-state index contributed by atoms with van der Waals surface area (Å²) in [7, 11) is 0. The van der Waals surface area contributed by atoms with Crippen LogP contribution in [0.3, 0.4) is 0 Å². The van der Waals surface area contributed by atoms with Gasteiger partial charge in [0.05, 0.1) is 11.9 Å². The summed E-state index contributed by atoms with van der Waals surface area (Å²) >= 11 is 0. The van der Waals surface area contributed by atoms with Crippen LogP contribution in [0, 0.1) is 16.6 Å². The lowest BCUT2D eigenvalue weighted by Crippen LogP contribution is -2.38. The van der Waals surface area contributed by atoms with E-state index in [-0.39, 0.29) is 35.8 Å². The van der Waals surface area contributed by atoms with Gasteiger partial charge in [0.15, 0.2) is 0 Å². The average Bonchev–Trinajstić information content (AvgIpc) is 2.82. The van der Waals surface area contributed by atoms with Crippen molar-refractivity contribution in [2.75, 3.05) is 6.54 Å². The number of ether oxygens (including phenoxy) is 1.